The van der Waals surface area contributed by atoms with Gasteiger partial charge in [0.25, 0.3) is 0 Å². The van der Waals surface area contributed by atoms with Gasteiger partial charge in [0, 0.05) is 26.7 Å². The maximum Gasteiger partial charge on any atom is 0.240 e. The lowest BCUT2D eigenvalue weighted by atomic mass is 9.98. The molecule has 1 heterocycles. The number of likely N-dealkylation sites (tertiary alicyclic amines) is 1. The van der Waals surface area contributed by atoms with Gasteiger partial charge < -0.3 is 14.4 Å². The van der Waals surface area contributed by atoms with Gasteiger partial charge >= 0.3 is 0 Å². The summed E-state index contributed by atoms with van der Waals surface area (Å²) in [5, 5.41) is 0. The summed E-state index contributed by atoms with van der Waals surface area (Å²) in [6.45, 7) is 2.03. The Labute approximate surface area is 149 Å². The average Bonchev–Trinajstić information content (AvgIpc) is 2.64. The van der Waals surface area contributed by atoms with Crippen LogP contribution in [-0.2, 0) is 19.6 Å². The molecule has 25 heavy (non-hydrogen) atoms. The molecule has 0 aliphatic carbocycles. The van der Waals surface area contributed by atoms with E-state index in [1.54, 1.807) is 24.1 Å². The Hall–Kier alpha value is -1.64. The van der Waals surface area contributed by atoms with Crippen molar-refractivity contribution in [2.24, 2.45) is 5.92 Å². The van der Waals surface area contributed by atoms with E-state index in [1.165, 1.54) is 19.2 Å². The number of sulfonamides is 1. The van der Waals surface area contributed by atoms with Crippen molar-refractivity contribution in [2.75, 3.05) is 40.5 Å². The molecule has 7 nitrogen and oxygen atoms in total. The molecule has 1 saturated heterocycles. The molecule has 1 aliphatic rings. The van der Waals surface area contributed by atoms with E-state index < -0.39 is 10.0 Å². The van der Waals surface area contributed by atoms with E-state index in [-0.39, 0.29) is 16.7 Å². The first-order valence-corrected chi connectivity index (χ1v) is 9.85. The molecule has 1 aliphatic heterocycles. The van der Waals surface area contributed by atoms with Gasteiger partial charge in [-0.1, -0.05) is 0 Å². The van der Waals surface area contributed by atoms with Crippen LogP contribution >= 0.6 is 0 Å². The zero-order chi connectivity index (χ0) is 18.3. The summed E-state index contributed by atoms with van der Waals surface area (Å²) < 4.78 is 37.4. The lowest BCUT2D eigenvalue weighted by Gasteiger charge is -2.33. The van der Waals surface area contributed by atoms with Crippen molar-refractivity contribution in [3.8, 4) is 5.75 Å². The molecule has 0 radical (unpaired) electrons. The van der Waals surface area contributed by atoms with Crippen LogP contribution in [0.1, 0.15) is 19.3 Å². The van der Waals surface area contributed by atoms with Crippen molar-refractivity contribution in [1.29, 1.82) is 0 Å². The van der Waals surface area contributed by atoms with Crippen LogP contribution < -0.4 is 9.46 Å². The minimum Gasteiger partial charge on any atom is -0.497 e. The van der Waals surface area contributed by atoms with Gasteiger partial charge in [0.1, 0.15) is 5.75 Å². The van der Waals surface area contributed by atoms with Crippen molar-refractivity contribution in [1.82, 2.24) is 9.62 Å². The first kappa shape index (κ1) is 19.7. The summed E-state index contributed by atoms with van der Waals surface area (Å²) in [5.41, 5.74) is 0. The lowest BCUT2D eigenvalue weighted by molar-refractivity contribution is -0.133. The Morgan fingerprint density at radius 1 is 1.28 bits per heavy atom. The van der Waals surface area contributed by atoms with Crippen molar-refractivity contribution in [3.05, 3.63) is 24.3 Å². The molecular formula is C17H26N2O5S. The molecule has 140 valence electrons. The minimum atomic E-state index is -3.57. The molecule has 0 saturated carbocycles. The molecule has 1 aromatic carbocycles. The Bertz CT molecular complexity index is 660. The summed E-state index contributed by atoms with van der Waals surface area (Å²) in [6.07, 6.45) is 2.15. The Morgan fingerprint density at radius 2 is 2.00 bits per heavy atom. The number of rotatable bonds is 8. The van der Waals surface area contributed by atoms with Crippen molar-refractivity contribution >= 4 is 15.9 Å². The second-order valence-electron chi connectivity index (χ2n) is 6.12. The normalized spacial score (nSPS) is 18.2. The van der Waals surface area contributed by atoms with E-state index in [2.05, 4.69) is 4.72 Å². The number of piperidine rings is 1. The van der Waals surface area contributed by atoms with E-state index in [0.717, 1.165) is 19.4 Å². The van der Waals surface area contributed by atoms with E-state index in [0.29, 0.717) is 31.9 Å². The molecule has 0 bridgehead atoms. The predicted molar refractivity (Wildman–Crippen MR) is 94.0 cm³/mol. The highest BCUT2D eigenvalue weighted by Crippen LogP contribution is 2.19. The lowest BCUT2D eigenvalue weighted by Crippen LogP contribution is -2.43. The third-order valence-electron chi connectivity index (χ3n) is 4.32. The third kappa shape index (κ3) is 5.69. The van der Waals surface area contributed by atoms with Crippen molar-refractivity contribution in [3.63, 3.8) is 0 Å². The largest absolute Gasteiger partial charge is 0.497 e. The molecule has 1 N–H and O–H groups in total. The number of benzene rings is 1. The topological polar surface area (TPSA) is 84.9 Å². The molecule has 1 aromatic rings. The van der Waals surface area contributed by atoms with Gasteiger partial charge in [-0.2, -0.15) is 0 Å². The molecule has 0 spiro atoms. The third-order valence-corrected chi connectivity index (χ3v) is 5.76. The Morgan fingerprint density at radius 3 is 2.64 bits per heavy atom. The number of ether oxygens (including phenoxy) is 2. The maximum atomic E-state index is 12.4. The SMILES string of the molecule is COCCC(=O)N1CCC[C@H](CNS(=O)(=O)c2ccc(OC)cc2)C1. The number of methoxy groups -OCH3 is 2. The smallest absolute Gasteiger partial charge is 0.240 e. The zero-order valence-corrected chi connectivity index (χ0v) is 15.5. The van der Waals surface area contributed by atoms with Gasteiger partial charge in [-0.3, -0.25) is 4.79 Å². The first-order valence-electron chi connectivity index (χ1n) is 8.36. The molecule has 2 rings (SSSR count). The van der Waals surface area contributed by atoms with E-state index in [9.17, 15) is 13.2 Å². The van der Waals surface area contributed by atoms with Gasteiger partial charge in [0.05, 0.1) is 25.0 Å². The fourth-order valence-corrected chi connectivity index (χ4v) is 3.99. The minimum absolute atomic E-state index is 0.0598. The summed E-state index contributed by atoms with van der Waals surface area (Å²) in [4.78, 5) is 14.1. The van der Waals surface area contributed by atoms with Crippen LogP contribution in [0.3, 0.4) is 0 Å². The van der Waals surface area contributed by atoms with Crippen LogP contribution in [0, 0.1) is 5.92 Å². The molecule has 1 amide bonds. The van der Waals surface area contributed by atoms with Crippen LogP contribution in [0.2, 0.25) is 0 Å². The summed E-state index contributed by atoms with van der Waals surface area (Å²) in [6, 6.07) is 6.27. The predicted octanol–water partition coefficient (Wildman–Crippen LogP) is 1.25. The van der Waals surface area contributed by atoms with E-state index in [4.69, 9.17) is 9.47 Å². The molecule has 1 fully saturated rings. The standard InChI is InChI=1S/C17H26N2O5S/c1-23-11-9-17(20)19-10-3-4-14(13-19)12-18-25(21,22)16-7-5-15(24-2)6-8-16/h5-8,14,18H,3-4,9-13H2,1-2H3/t14-/m1/s1. The quantitative estimate of drug-likeness (QED) is 0.744. The number of carbonyl (C=O) groups is 1. The molecule has 0 unspecified atom stereocenters. The molecule has 0 aromatic heterocycles. The summed E-state index contributed by atoms with van der Waals surface area (Å²) >= 11 is 0. The average molecular weight is 370 g/mol. The first-order chi connectivity index (χ1) is 12.0. The maximum absolute atomic E-state index is 12.4. The van der Waals surface area contributed by atoms with Crippen molar-refractivity contribution < 1.29 is 22.7 Å². The number of nitrogens with zero attached hydrogens (tertiary/aromatic N) is 1. The molecule has 8 heteroatoms. The van der Waals surface area contributed by atoms with Gasteiger partial charge in [-0.25, -0.2) is 13.1 Å². The van der Waals surface area contributed by atoms with Gasteiger partial charge in [0.15, 0.2) is 0 Å². The Balaban J connectivity index is 1.89. The van der Waals surface area contributed by atoms with Gasteiger partial charge in [0.2, 0.25) is 15.9 Å². The van der Waals surface area contributed by atoms with Crippen LogP contribution in [-0.4, -0.2) is 59.7 Å². The van der Waals surface area contributed by atoms with E-state index >= 15 is 0 Å². The van der Waals surface area contributed by atoms with Crippen LogP contribution in [0.15, 0.2) is 29.2 Å². The van der Waals surface area contributed by atoms with Gasteiger partial charge in [-0.05, 0) is 43.0 Å². The fourth-order valence-electron chi connectivity index (χ4n) is 2.87. The highest BCUT2D eigenvalue weighted by molar-refractivity contribution is 7.89. The van der Waals surface area contributed by atoms with E-state index in [1.807, 2.05) is 0 Å². The van der Waals surface area contributed by atoms with Crippen molar-refractivity contribution in [2.45, 2.75) is 24.2 Å². The summed E-state index contributed by atoms with van der Waals surface area (Å²) in [5.74, 6) is 0.786. The fraction of sp³-hybridized carbons (Fsp3) is 0.588. The van der Waals surface area contributed by atoms with Crippen LogP contribution in [0.4, 0.5) is 0 Å². The van der Waals surface area contributed by atoms with Crippen LogP contribution in [0.25, 0.3) is 0 Å². The highest BCUT2D eigenvalue weighted by Gasteiger charge is 2.25. The number of carbonyl (C=O) groups excluding carboxylic acids is 1. The number of hydrogen-bond acceptors (Lipinski definition) is 5. The monoisotopic (exact) mass is 370 g/mol. The van der Waals surface area contributed by atoms with Crippen LogP contribution in [0.5, 0.6) is 5.75 Å². The summed E-state index contributed by atoms with van der Waals surface area (Å²) in [7, 11) is -0.464. The highest BCUT2D eigenvalue weighted by atomic mass is 32.2. The zero-order valence-electron chi connectivity index (χ0n) is 14.7. The number of nitrogens with one attached hydrogen (secondary N) is 1. The number of hydrogen-bond donors (Lipinski definition) is 1. The van der Waals surface area contributed by atoms with Gasteiger partial charge in [-0.15, -0.1) is 0 Å². The Kier molecular flexibility index (Phi) is 7.22. The second kappa shape index (κ2) is 9.17. The molecule has 1 atom stereocenters. The molecular weight excluding hydrogens is 344 g/mol. The number of amides is 1. The second-order valence-corrected chi connectivity index (χ2v) is 7.89.